The van der Waals surface area contributed by atoms with Gasteiger partial charge < -0.3 is 14.6 Å². The highest BCUT2D eigenvalue weighted by atomic mass is 16.6. The van der Waals surface area contributed by atoms with Gasteiger partial charge in [0.2, 0.25) is 0 Å². The summed E-state index contributed by atoms with van der Waals surface area (Å²) in [6.45, 7) is 0.452. The molecule has 2 aromatic carbocycles. The largest absolute Gasteiger partial charge is 0.480 e. The van der Waals surface area contributed by atoms with E-state index in [0.29, 0.717) is 6.42 Å². The number of carboxylic acid groups (broad SMARTS) is 1. The average Bonchev–Trinajstić information content (AvgIpc) is 3.38. The van der Waals surface area contributed by atoms with Crippen molar-refractivity contribution in [3.63, 3.8) is 0 Å². The highest BCUT2D eigenvalue weighted by Gasteiger charge is 2.42. The second-order valence-electron chi connectivity index (χ2n) is 9.06. The first-order valence-corrected chi connectivity index (χ1v) is 11.6. The standard InChI is InChI=1S/C26H29NO5/c28-25(29)24-14-18(32-17-8-2-1-3-9-17)15-27(24)26(30)31-16-23-21-12-6-4-10-19(21)20-11-5-7-13-22(20)23/h4-7,10-13,17-18,23-24H,1-3,8-9,14-16H2,(H,28,29)/t18-,24+/m1/s1. The third-order valence-electron chi connectivity index (χ3n) is 7.06. The maximum Gasteiger partial charge on any atom is 0.410 e. The van der Waals surface area contributed by atoms with Crippen molar-refractivity contribution in [1.29, 1.82) is 0 Å². The Morgan fingerprint density at radius 2 is 1.53 bits per heavy atom. The van der Waals surface area contributed by atoms with Gasteiger partial charge in [-0.25, -0.2) is 9.59 Å². The van der Waals surface area contributed by atoms with Crippen LogP contribution in [0.15, 0.2) is 48.5 Å². The molecule has 32 heavy (non-hydrogen) atoms. The fraction of sp³-hybridized carbons (Fsp3) is 0.462. The van der Waals surface area contributed by atoms with Gasteiger partial charge in [-0.1, -0.05) is 67.8 Å². The van der Waals surface area contributed by atoms with E-state index in [1.54, 1.807) is 0 Å². The number of carbonyl (C=O) groups excluding carboxylic acids is 1. The fourth-order valence-electron chi connectivity index (χ4n) is 5.48. The number of ether oxygens (including phenoxy) is 2. The summed E-state index contributed by atoms with van der Waals surface area (Å²) in [6.07, 6.45) is 5.22. The predicted molar refractivity (Wildman–Crippen MR) is 120 cm³/mol. The highest BCUT2D eigenvalue weighted by molar-refractivity contribution is 5.81. The molecule has 1 saturated carbocycles. The molecule has 1 amide bonds. The number of nitrogens with zero attached hydrogens (tertiary/aromatic N) is 1. The molecule has 1 saturated heterocycles. The first kappa shape index (κ1) is 21.0. The monoisotopic (exact) mass is 435 g/mol. The molecule has 0 radical (unpaired) electrons. The first-order chi connectivity index (χ1) is 15.6. The van der Waals surface area contributed by atoms with Gasteiger partial charge in [-0.15, -0.1) is 0 Å². The lowest BCUT2D eigenvalue weighted by Crippen LogP contribution is -2.41. The van der Waals surface area contributed by atoms with E-state index in [0.717, 1.165) is 47.9 Å². The number of likely N-dealkylation sites (tertiary alicyclic amines) is 1. The second kappa shape index (κ2) is 8.94. The van der Waals surface area contributed by atoms with Crippen molar-refractivity contribution in [1.82, 2.24) is 4.90 Å². The van der Waals surface area contributed by atoms with Crippen LogP contribution >= 0.6 is 0 Å². The molecule has 1 heterocycles. The smallest absolute Gasteiger partial charge is 0.410 e. The molecule has 2 fully saturated rings. The van der Waals surface area contributed by atoms with Crippen LogP contribution in [-0.4, -0.2) is 53.5 Å². The zero-order chi connectivity index (χ0) is 22.1. The number of rotatable bonds is 5. The van der Waals surface area contributed by atoms with Crippen molar-refractivity contribution in [2.24, 2.45) is 0 Å². The molecule has 1 aliphatic heterocycles. The number of carboxylic acids is 1. The van der Waals surface area contributed by atoms with Crippen molar-refractivity contribution >= 4 is 12.1 Å². The summed E-state index contributed by atoms with van der Waals surface area (Å²) in [4.78, 5) is 26.1. The molecular formula is C26H29NO5. The van der Waals surface area contributed by atoms with Crippen molar-refractivity contribution < 1.29 is 24.2 Å². The van der Waals surface area contributed by atoms with Gasteiger partial charge in [0.25, 0.3) is 0 Å². The number of hydrogen-bond acceptors (Lipinski definition) is 4. The third kappa shape index (κ3) is 3.99. The van der Waals surface area contributed by atoms with E-state index >= 15 is 0 Å². The van der Waals surface area contributed by atoms with Gasteiger partial charge in [0.1, 0.15) is 12.6 Å². The average molecular weight is 436 g/mol. The van der Waals surface area contributed by atoms with Crippen LogP contribution in [0.5, 0.6) is 0 Å². The molecule has 3 aliphatic rings. The summed E-state index contributed by atoms with van der Waals surface area (Å²) >= 11 is 0. The Hall–Kier alpha value is -2.86. The summed E-state index contributed by atoms with van der Waals surface area (Å²) in [5.74, 6) is -1.06. The number of amides is 1. The Morgan fingerprint density at radius 3 is 2.16 bits per heavy atom. The lowest BCUT2D eigenvalue weighted by molar-refractivity contribution is -0.141. The summed E-state index contributed by atoms with van der Waals surface area (Å²) in [7, 11) is 0. The van der Waals surface area contributed by atoms with Crippen LogP contribution in [0.2, 0.25) is 0 Å². The van der Waals surface area contributed by atoms with Crippen LogP contribution in [0.25, 0.3) is 11.1 Å². The molecule has 0 aromatic heterocycles. The summed E-state index contributed by atoms with van der Waals surface area (Å²) < 4.78 is 11.9. The molecule has 0 spiro atoms. The number of hydrogen-bond donors (Lipinski definition) is 1. The second-order valence-corrected chi connectivity index (χ2v) is 9.06. The molecule has 5 rings (SSSR count). The van der Waals surface area contributed by atoms with Gasteiger partial charge in [0, 0.05) is 12.3 Å². The van der Waals surface area contributed by atoms with Gasteiger partial charge in [-0.2, -0.15) is 0 Å². The Balaban J connectivity index is 1.26. The first-order valence-electron chi connectivity index (χ1n) is 11.6. The topological polar surface area (TPSA) is 76.1 Å². The van der Waals surface area contributed by atoms with Crippen LogP contribution in [0.1, 0.15) is 55.6 Å². The minimum atomic E-state index is -1.01. The number of carbonyl (C=O) groups is 2. The van der Waals surface area contributed by atoms with Gasteiger partial charge in [0.15, 0.2) is 0 Å². The van der Waals surface area contributed by atoms with Crippen LogP contribution in [0.3, 0.4) is 0 Å². The zero-order valence-electron chi connectivity index (χ0n) is 18.1. The lowest BCUT2D eigenvalue weighted by Gasteiger charge is -2.25. The van der Waals surface area contributed by atoms with Crippen LogP contribution < -0.4 is 0 Å². The number of benzene rings is 2. The van der Waals surface area contributed by atoms with Gasteiger partial charge in [-0.3, -0.25) is 4.90 Å². The van der Waals surface area contributed by atoms with Gasteiger partial charge in [0.05, 0.1) is 18.8 Å². The summed E-state index contributed by atoms with van der Waals surface area (Å²) in [5.41, 5.74) is 4.59. The SMILES string of the molecule is O=C(O)[C@@H]1C[C@@H](OC2CCCCC2)CN1C(=O)OCC1c2ccccc2-c2ccccc21. The molecule has 2 aliphatic carbocycles. The predicted octanol–water partition coefficient (Wildman–Crippen LogP) is 4.81. The van der Waals surface area contributed by atoms with Crippen molar-refractivity contribution in [2.75, 3.05) is 13.2 Å². The van der Waals surface area contributed by atoms with Crippen LogP contribution in [0.4, 0.5) is 4.79 Å². The fourth-order valence-corrected chi connectivity index (χ4v) is 5.48. The van der Waals surface area contributed by atoms with Gasteiger partial charge in [-0.05, 0) is 35.1 Å². The summed E-state index contributed by atoms with van der Waals surface area (Å²) in [5, 5.41) is 9.69. The van der Waals surface area contributed by atoms with Crippen LogP contribution in [0, 0.1) is 0 Å². The molecule has 2 atom stereocenters. The van der Waals surface area contributed by atoms with E-state index < -0.39 is 18.1 Å². The normalized spacial score (nSPS) is 23.1. The van der Waals surface area contributed by atoms with E-state index in [9.17, 15) is 14.7 Å². The third-order valence-corrected chi connectivity index (χ3v) is 7.06. The van der Waals surface area contributed by atoms with E-state index in [-0.39, 0.29) is 31.3 Å². The Morgan fingerprint density at radius 1 is 0.906 bits per heavy atom. The van der Waals surface area contributed by atoms with Crippen LogP contribution in [-0.2, 0) is 14.3 Å². The molecular weight excluding hydrogens is 406 g/mol. The Bertz CT molecular complexity index is 954. The molecule has 2 aromatic rings. The maximum absolute atomic E-state index is 13.0. The Kier molecular flexibility index (Phi) is 5.87. The summed E-state index contributed by atoms with van der Waals surface area (Å²) in [6, 6.07) is 15.4. The quantitative estimate of drug-likeness (QED) is 0.729. The zero-order valence-corrected chi connectivity index (χ0v) is 18.1. The minimum Gasteiger partial charge on any atom is -0.480 e. The molecule has 0 bridgehead atoms. The van der Waals surface area contributed by atoms with E-state index in [1.807, 2.05) is 24.3 Å². The minimum absolute atomic E-state index is 0.0495. The van der Waals surface area contributed by atoms with E-state index in [1.165, 1.54) is 11.3 Å². The van der Waals surface area contributed by atoms with Crippen molar-refractivity contribution in [3.8, 4) is 11.1 Å². The van der Waals surface area contributed by atoms with Crippen molar-refractivity contribution in [3.05, 3.63) is 59.7 Å². The molecule has 0 unspecified atom stereocenters. The number of fused-ring (bicyclic) bond motifs is 3. The van der Waals surface area contributed by atoms with Gasteiger partial charge >= 0.3 is 12.1 Å². The number of aliphatic carboxylic acids is 1. The highest BCUT2D eigenvalue weighted by Crippen LogP contribution is 2.44. The van der Waals surface area contributed by atoms with E-state index in [4.69, 9.17) is 9.47 Å². The maximum atomic E-state index is 13.0. The Labute approximate surface area is 188 Å². The molecule has 6 heteroatoms. The lowest BCUT2D eigenvalue weighted by atomic mass is 9.97. The molecule has 168 valence electrons. The van der Waals surface area contributed by atoms with Crippen molar-refractivity contribution in [2.45, 2.75) is 62.7 Å². The molecule has 1 N–H and O–H groups in total. The van der Waals surface area contributed by atoms with E-state index in [2.05, 4.69) is 24.3 Å². The molecule has 6 nitrogen and oxygen atoms in total.